The molecule has 1 saturated heterocycles. The molecule has 1 fully saturated rings. The molecule has 174 valence electrons. The number of carbonyl (C=O) groups is 2. The van der Waals surface area contributed by atoms with E-state index >= 15 is 0 Å². The summed E-state index contributed by atoms with van der Waals surface area (Å²) in [5.41, 5.74) is 2.77. The molecule has 4 rings (SSSR count). The van der Waals surface area contributed by atoms with Gasteiger partial charge in [0.1, 0.15) is 11.8 Å². The molecule has 0 radical (unpaired) electrons. The molecule has 1 N–H and O–H groups in total. The van der Waals surface area contributed by atoms with Gasteiger partial charge in [0.15, 0.2) is 5.65 Å². The first-order chi connectivity index (χ1) is 15.8. The second-order valence-electron chi connectivity index (χ2n) is 9.04. The van der Waals surface area contributed by atoms with Gasteiger partial charge < -0.3 is 15.0 Å². The number of likely N-dealkylation sites (tertiary alicyclic amines) is 1. The summed E-state index contributed by atoms with van der Waals surface area (Å²) in [7, 11) is 1.60. The van der Waals surface area contributed by atoms with Crippen LogP contribution >= 0.6 is 0 Å². The van der Waals surface area contributed by atoms with Crippen LogP contribution in [0.3, 0.4) is 0 Å². The lowest BCUT2D eigenvalue weighted by molar-refractivity contribution is -0.119. The van der Waals surface area contributed by atoms with E-state index in [1.807, 2.05) is 24.6 Å². The maximum atomic E-state index is 13.7. The summed E-state index contributed by atoms with van der Waals surface area (Å²) in [6, 6.07) is 8.62. The molecule has 0 aliphatic carbocycles. The summed E-state index contributed by atoms with van der Waals surface area (Å²) in [5, 5.41) is 8.14. The summed E-state index contributed by atoms with van der Waals surface area (Å²) in [4.78, 5) is 33.3. The van der Waals surface area contributed by atoms with E-state index in [1.165, 1.54) is 0 Å². The van der Waals surface area contributed by atoms with Gasteiger partial charge in [-0.05, 0) is 62.9 Å². The third-order valence-electron chi connectivity index (χ3n) is 6.07. The van der Waals surface area contributed by atoms with E-state index in [0.29, 0.717) is 29.9 Å². The average Bonchev–Trinajstić information content (AvgIpc) is 3.46. The Labute approximate surface area is 193 Å². The Balaban J connectivity index is 1.64. The van der Waals surface area contributed by atoms with Gasteiger partial charge in [-0.15, -0.1) is 0 Å². The van der Waals surface area contributed by atoms with Crippen molar-refractivity contribution in [3.8, 4) is 5.75 Å². The lowest BCUT2D eigenvalue weighted by Crippen LogP contribution is -2.43. The highest BCUT2D eigenvalue weighted by Gasteiger charge is 2.36. The summed E-state index contributed by atoms with van der Waals surface area (Å²) in [5.74, 6) is 0.540. The zero-order valence-corrected chi connectivity index (χ0v) is 19.8. The van der Waals surface area contributed by atoms with Crippen LogP contribution in [0.15, 0.2) is 36.5 Å². The second kappa shape index (κ2) is 9.21. The maximum absolute atomic E-state index is 13.7. The molecule has 1 aliphatic heterocycles. The zero-order chi connectivity index (χ0) is 23.7. The molecule has 3 heterocycles. The Kier molecular flexibility index (Phi) is 6.35. The van der Waals surface area contributed by atoms with Gasteiger partial charge in [0, 0.05) is 24.0 Å². The fourth-order valence-electron chi connectivity index (χ4n) is 4.23. The fraction of sp³-hybridized carbons (Fsp3) is 0.440. The topological polar surface area (TPSA) is 89.3 Å². The molecular formula is C25H31N5O3. The van der Waals surface area contributed by atoms with Gasteiger partial charge >= 0.3 is 0 Å². The number of fused-ring (bicyclic) bond motifs is 1. The minimum atomic E-state index is -0.523. The fourth-order valence-corrected chi connectivity index (χ4v) is 4.23. The molecule has 33 heavy (non-hydrogen) atoms. The van der Waals surface area contributed by atoms with Crippen molar-refractivity contribution in [3.05, 3.63) is 47.8 Å². The van der Waals surface area contributed by atoms with Crippen molar-refractivity contribution < 1.29 is 14.3 Å². The van der Waals surface area contributed by atoms with E-state index in [1.54, 1.807) is 42.5 Å². The first-order valence-electron chi connectivity index (χ1n) is 11.4. The number of rotatable bonds is 6. The molecule has 1 unspecified atom stereocenters. The SMILES string of the molecule is COc1ccc(NC(=O)C2CCCN2C(=O)c2cc(C(C)C)nc3c2cnn3C(C)C)cc1. The van der Waals surface area contributed by atoms with E-state index in [2.05, 4.69) is 24.3 Å². The molecule has 1 atom stereocenters. The number of anilines is 1. The molecule has 3 aromatic rings. The number of nitrogens with one attached hydrogen (secondary N) is 1. The van der Waals surface area contributed by atoms with Crippen LogP contribution < -0.4 is 10.1 Å². The Bertz CT molecular complexity index is 1170. The van der Waals surface area contributed by atoms with Crippen molar-refractivity contribution in [2.24, 2.45) is 0 Å². The molecular weight excluding hydrogens is 418 g/mol. The van der Waals surface area contributed by atoms with Crippen molar-refractivity contribution >= 4 is 28.5 Å². The molecule has 0 bridgehead atoms. The predicted molar refractivity (Wildman–Crippen MR) is 128 cm³/mol. The number of methoxy groups -OCH3 is 1. The second-order valence-corrected chi connectivity index (χ2v) is 9.04. The Morgan fingerprint density at radius 2 is 1.88 bits per heavy atom. The average molecular weight is 450 g/mol. The molecule has 1 aromatic carbocycles. The highest BCUT2D eigenvalue weighted by molar-refractivity contribution is 6.08. The van der Waals surface area contributed by atoms with Crippen LogP contribution in [0.4, 0.5) is 5.69 Å². The van der Waals surface area contributed by atoms with Gasteiger partial charge in [-0.1, -0.05) is 13.8 Å². The molecule has 1 aliphatic rings. The molecule has 0 saturated carbocycles. The predicted octanol–water partition coefficient (Wildman–Crippen LogP) is 4.39. The summed E-state index contributed by atoms with van der Waals surface area (Å²) >= 11 is 0. The molecule has 8 heteroatoms. The van der Waals surface area contributed by atoms with Crippen molar-refractivity contribution in [2.45, 2.75) is 58.5 Å². The van der Waals surface area contributed by atoms with E-state index in [9.17, 15) is 9.59 Å². The number of nitrogens with zero attached hydrogens (tertiary/aromatic N) is 4. The van der Waals surface area contributed by atoms with Crippen LogP contribution in [0.25, 0.3) is 11.0 Å². The molecule has 2 aromatic heterocycles. The third-order valence-corrected chi connectivity index (χ3v) is 6.07. The first kappa shape index (κ1) is 22.8. The Hall–Kier alpha value is -3.42. The smallest absolute Gasteiger partial charge is 0.255 e. The monoisotopic (exact) mass is 449 g/mol. The maximum Gasteiger partial charge on any atom is 0.255 e. The molecule has 8 nitrogen and oxygen atoms in total. The van der Waals surface area contributed by atoms with Gasteiger partial charge in [-0.2, -0.15) is 5.10 Å². The lowest BCUT2D eigenvalue weighted by Gasteiger charge is -2.25. The van der Waals surface area contributed by atoms with Gasteiger partial charge in [-0.25, -0.2) is 9.67 Å². The van der Waals surface area contributed by atoms with E-state index in [0.717, 1.165) is 23.3 Å². The Morgan fingerprint density at radius 3 is 2.52 bits per heavy atom. The number of benzene rings is 1. The number of carbonyl (C=O) groups excluding carboxylic acids is 2. The Morgan fingerprint density at radius 1 is 1.15 bits per heavy atom. The van der Waals surface area contributed by atoms with Gasteiger partial charge in [0.2, 0.25) is 5.91 Å². The normalized spacial score (nSPS) is 16.1. The van der Waals surface area contributed by atoms with Crippen molar-refractivity contribution in [2.75, 3.05) is 19.0 Å². The quantitative estimate of drug-likeness (QED) is 0.603. The first-order valence-corrected chi connectivity index (χ1v) is 11.4. The number of ether oxygens (including phenoxy) is 1. The van der Waals surface area contributed by atoms with Gasteiger partial charge in [0.05, 0.1) is 24.3 Å². The highest BCUT2D eigenvalue weighted by Crippen LogP contribution is 2.28. The largest absolute Gasteiger partial charge is 0.497 e. The zero-order valence-electron chi connectivity index (χ0n) is 19.8. The summed E-state index contributed by atoms with van der Waals surface area (Å²) in [6.07, 6.45) is 3.12. The minimum Gasteiger partial charge on any atom is -0.497 e. The molecule has 2 amide bonds. The van der Waals surface area contributed by atoms with Crippen LogP contribution in [0, 0.1) is 0 Å². The highest BCUT2D eigenvalue weighted by atomic mass is 16.5. The molecule has 0 spiro atoms. The van der Waals surface area contributed by atoms with Crippen LogP contribution in [-0.4, -0.2) is 51.2 Å². The van der Waals surface area contributed by atoms with E-state index in [-0.39, 0.29) is 23.8 Å². The van der Waals surface area contributed by atoms with Gasteiger partial charge in [-0.3, -0.25) is 9.59 Å². The van der Waals surface area contributed by atoms with Crippen molar-refractivity contribution in [3.63, 3.8) is 0 Å². The standard InChI is InChI=1S/C25H31N5O3/c1-15(2)21-13-19(20-14-26-30(16(3)4)23(20)28-21)25(32)29-12-6-7-22(29)24(31)27-17-8-10-18(33-5)11-9-17/h8-11,13-16,22H,6-7,12H2,1-5H3,(H,27,31). The number of pyridine rings is 1. The van der Waals surface area contributed by atoms with Gasteiger partial charge in [0.25, 0.3) is 5.91 Å². The lowest BCUT2D eigenvalue weighted by atomic mass is 10.0. The van der Waals surface area contributed by atoms with Crippen molar-refractivity contribution in [1.82, 2.24) is 19.7 Å². The third kappa shape index (κ3) is 4.42. The number of aromatic nitrogens is 3. The van der Waals surface area contributed by atoms with E-state index < -0.39 is 6.04 Å². The van der Waals surface area contributed by atoms with Crippen LogP contribution in [0.1, 0.15) is 68.5 Å². The summed E-state index contributed by atoms with van der Waals surface area (Å²) < 4.78 is 7.01. The van der Waals surface area contributed by atoms with E-state index in [4.69, 9.17) is 9.72 Å². The van der Waals surface area contributed by atoms with Crippen LogP contribution in [-0.2, 0) is 4.79 Å². The number of hydrogen-bond acceptors (Lipinski definition) is 5. The van der Waals surface area contributed by atoms with Crippen LogP contribution in [0.5, 0.6) is 5.75 Å². The van der Waals surface area contributed by atoms with Crippen LogP contribution in [0.2, 0.25) is 0 Å². The number of amides is 2. The van der Waals surface area contributed by atoms with Crippen molar-refractivity contribution in [1.29, 1.82) is 0 Å². The number of hydrogen-bond donors (Lipinski definition) is 1. The minimum absolute atomic E-state index is 0.121. The summed E-state index contributed by atoms with van der Waals surface area (Å²) in [6.45, 7) is 8.73.